The number of halogens is 1. The first-order valence-corrected chi connectivity index (χ1v) is 7.29. The molecule has 2 unspecified atom stereocenters. The number of hydrogen-bond donors (Lipinski definition) is 1. The number of carbonyl (C=O) groups is 2. The van der Waals surface area contributed by atoms with E-state index in [4.69, 9.17) is 11.6 Å². The van der Waals surface area contributed by atoms with Gasteiger partial charge in [-0.25, -0.2) is 0 Å². The maximum Gasteiger partial charge on any atom is 0.246 e. The molecule has 5 heteroatoms. The molecule has 1 aliphatic heterocycles. The SMILES string of the molecule is CC1C(=O)NC(C2CC2)C(=O)N1Cc1cccc(Cl)c1. The highest BCUT2D eigenvalue weighted by Crippen LogP contribution is 2.35. The smallest absolute Gasteiger partial charge is 0.246 e. The van der Waals surface area contributed by atoms with Gasteiger partial charge in [0.1, 0.15) is 12.1 Å². The highest BCUT2D eigenvalue weighted by Gasteiger charge is 2.45. The molecule has 1 N–H and O–H groups in total. The van der Waals surface area contributed by atoms with E-state index in [0.29, 0.717) is 17.5 Å². The average Bonchev–Trinajstić information content (AvgIpc) is 3.23. The number of rotatable bonds is 3. The van der Waals surface area contributed by atoms with Crippen molar-refractivity contribution in [1.82, 2.24) is 10.2 Å². The van der Waals surface area contributed by atoms with E-state index in [-0.39, 0.29) is 17.9 Å². The maximum atomic E-state index is 12.5. The largest absolute Gasteiger partial charge is 0.342 e. The Labute approximate surface area is 123 Å². The summed E-state index contributed by atoms with van der Waals surface area (Å²) in [5.74, 6) is 0.281. The minimum absolute atomic E-state index is 0.0274. The molecule has 1 saturated heterocycles. The molecule has 20 heavy (non-hydrogen) atoms. The van der Waals surface area contributed by atoms with Gasteiger partial charge in [-0.1, -0.05) is 23.7 Å². The van der Waals surface area contributed by atoms with Crippen molar-refractivity contribution in [3.05, 3.63) is 34.9 Å². The maximum absolute atomic E-state index is 12.5. The molecular formula is C15H17ClN2O2. The van der Waals surface area contributed by atoms with Gasteiger partial charge in [-0.05, 0) is 43.4 Å². The van der Waals surface area contributed by atoms with E-state index in [1.165, 1.54) is 0 Å². The van der Waals surface area contributed by atoms with Crippen molar-refractivity contribution < 1.29 is 9.59 Å². The molecule has 0 spiro atoms. The van der Waals surface area contributed by atoms with Gasteiger partial charge >= 0.3 is 0 Å². The standard InChI is InChI=1S/C15H17ClN2O2/c1-9-14(19)17-13(11-5-6-11)15(20)18(9)8-10-3-2-4-12(16)7-10/h2-4,7,9,11,13H,5-6,8H2,1H3,(H,17,19). The van der Waals surface area contributed by atoms with Gasteiger partial charge in [-0.15, -0.1) is 0 Å². The Morgan fingerprint density at radius 2 is 2.10 bits per heavy atom. The van der Waals surface area contributed by atoms with Crippen LogP contribution in [0.15, 0.2) is 24.3 Å². The molecular weight excluding hydrogens is 276 g/mol. The molecule has 1 aromatic rings. The number of nitrogens with zero attached hydrogens (tertiary/aromatic N) is 1. The fraction of sp³-hybridized carbons (Fsp3) is 0.467. The Kier molecular flexibility index (Phi) is 3.42. The van der Waals surface area contributed by atoms with Crippen molar-refractivity contribution in [2.75, 3.05) is 0 Å². The summed E-state index contributed by atoms with van der Waals surface area (Å²) in [6.07, 6.45) is 2.05. The van der Waals surface area contributed by atoms with Crippen LogP contribution in [0.5, 0.6) is 0 Å². The Morgan fingerprint density at radius 1 is 1.35 bits per heavy atom. The molecule has 1 aromatic carbocycles. The summed E-state index contributed by atoms with van der Waals surface area (Å²) in [4.78, 5) is 26.2. The minimum Gasteiger partial charge on any atom is -0.342 e. The van der Waals surface area contributed by atoms with Crippen molar-refractivity contribution in [2.45, 2.75) is 38.4 Å². The Bertz CT molecular complexity index is 557. The Morgan fingerprint density at radius 3 is 2.75 bits per heavy atom. The average molecular weight is 293 g/mol. The van der Waals surface area contributed by atoms with Crippen LogP contribution in [-0.4, -0.2) is 28.8 Å². The number of benzene rings is 1. The van der Waals surface area contributed by atoms with Gasteiger partial charge in [0, 0.05) is 11.6 Å². The molecule has 1 saturated carbocycles. The first-order valence-electron chi connectivity index (χ1n) is 6.91. The summed E-state index contributed by atoms with van der Waals surface area (Å²) in [5, 5.41) is 3.49. The molecule has 2 amide bonds. The lowest BCUT2D eigenvalue weighted by Crippen LogP contribution is -2.62. The van der Waals surface area contributed by atoms with Crippen molar-refractivity contribution in [1.29, 1.82) is 0 Å². The van der Waals surface area contributed by atoms with E-state index in [1.54, 1.807) is 17.9 Å². The van der Waals surface area contributed by atoms with Crippen LogP contribution in [0.2, 0.25) is 5.02 Å². The fourth-order valence-electron chi connectivity index (χ4n) is 2.64. The predicted octanol–water partition coefficient (Wildman–Crippen LogP) is 1.97. The first kappa shape index (κ1) is 13.4. The normalized spacial score (nSPS) is 26.6. The molecule has 0 radical (unpaired) electrons. The zero-order valence-electron chi connectivity index (χ0n) is 11.3. The van der Waals surface area contributed by atoms with Crippen LogP contribution in [0.3, 0.4) is 0 Å². The van der Waals surface area contributed by atoms with E-state index >= 15 is 0 Å². The Hall–Kier alpha value is -1.55. The number of hydrogen-bond acceptors (Lipinski definition) is 2. The van der Waals surface area contributed by atoms with Crippen molar-refractivity contribution in [3.63, 3.8) is 0 Å². The van der Waals surface area contributed by atoms with Crippen LogP contribution in [0.1, 0.15) is 25.3 Å². The summed E-state index contributed by atoms with van der Waals surface area (Å²) in [7, 11) is 0. The van der Waals surface area contributed by atoms with Crippen LogP contribution >= 0.6 is 11.6 Å². The third kappa shape index (κ3) is 2.52. The van der Waals surface area contributed by atoms with Gasteiger partial charge in [-0.2, -0.15) is 0 Å². The van der Waals surface area contributed by atoms with Crippen LogP contribution in [0, 0.1) is 5.92 Å². The lowest BCUT2D eigenvalue weighted by Gasteiger charge is -2.37. The molecule has 4 nitrogen and oxygen atoms in total. The molecule has 2 atom stereocenters. The van der Waals surface area contributed by atoms with Crippen LogP contribution in [-0.2, 0) is 16.1 Å². The van der Waals surface area contributed by atoms with Gasteiger partial charge in [0.2, 0.25) is 11.8 Å². The third-order valence-corrected chi connectivity index (χ3v) is 4.26. The van der Waals surface area contributed by atoms with E-state index in [1.807, 2.05) is 18.2 Å². The van der Waals surface area contributed by atoms with Gasteiger partial charge in [0.25, 0.3) is 0 Å². The molecule has 1 aliphatic carbocycles. The Balaban J connectivity index is 1.81. The van der Waals surface area contributed by atoms with Gasteiger partial charge in [-0.3, -0.25) is 9.59 Å². The van der Waals surface area contributed by atoms with E-state index in [9.17, 15) is 9.59 Å². The summed E-state index contributed by atoms with van der Waals surface area (Å²) < 4.78 is 0. The first-order chi connectivity index (χ1) is 9.56. The van der Waals surface area contributed by atoms with E-state index in [0.717, 1.165) is 18.4 Å². The van der Waals surface area contributed by atoms with Crippen LogP contribution < -0.4 is 5.32 Å². The molecule has 0 bridgehead atoms. The quantitative estimate of drug-likeness (QED) is 0.926. The molecule has 1 heterocycles. The monoisotopic (exact) mass is 292 g/mol. The summed E-state index contributed by atoms with van der Waals surface area (Å²) in [6, 6.07) is 6.64. The fourth-order valence-corrected chi connectivity index (χ4v) is 2.86. The molecule has 3 rings (SSSR count). The van der Waals surface area contributed by atoms with Crippen LogP contribution in [0.25, 0.3) is 0 Å². The highest BCUT2D eigenvalue weighted by atomic mass is 35.5. The summed E-state index contributed by atoms with van der Waals surface area (Å²) in [6.45, 7) is 2.19. The third-order valence-electron chi connectivity index (χ3n) is 4.03. The topological polar surface area (TPSA) is 49.4 Å². The van der Waals surface area contributed by atoms with E-state index < -0.39 is 6.04 Å². The zero-order valence-corrected chi connectivity index (χ0v) is 12.1. The van der Waals surface area contributed by atoms with Gasteiger partial charge in [0.15, 0.2) is 0 Å². The van der Waals surface area contributed by atoms with Gasteiger partial charge in [0.05, 0.1) is 0 Å². The second-order valence-corrected chi connectivity index (χ2v) is 6.03. The van der Waals surface area contributed by atoms with Crippen molar-refractivity contribution in [3.8, 4) is 0 Å². The number of carbonyl (C=O) groups excluding carboxylic acids is 2. The second kappa shape index (κ2) is 5.09. The van der Waals surface area contributed by atoms with Crippen molar-refractivity contribution in [2.24, 2.45) is 5.92 Å². The number of nitrogens with one attached hydrogen (secondary N) is 1. The molecule has 0 aromatic heterocycles. The lowest BCUT2D eigenvalue weighted by atomic mass is 10.0. The van der Waals surface area contributed by atoms with Crippen LogP contribution in [0.4, 0.5) is 0 Å². The van der Waals surface area contributed by atoms with Gasteiger partial charge < -0.3 is 10.2 Å². The molecule has 2 aliphatic rings. The minimum atomic E-state index is -0.434. The second-order valence-electron chi connectivity index (χ2n) is 5.60. The highest BCUT2D eigenvalue weighted by molar-refractivity contribution is 6.30. The summed E-state index contributed by atoms with van der Waals surface area (Å²) in [5.41, 5.74) is 0.946. The zero-order chi connectivity index (χ0) is 14.3. The molecule has 2 fully saturated rings. The summed E-state index contributed by atoms with van der Waals surface area (Å²) >= 11 is 5.97. The number of amides is 2. The predicted molar refractivity (Wildman–Crippen MR) is 76.1 cm³/mol. The van der Waals surface area contributed by atoms with Crippen molar-refractivity contribution >= 4 is 23.4 Å². The van der Waals surface area contributed by atoms with E-state index in [2.05, 4.69) is 5.32 Å². The molecule has 106 valence electrons. The lowest BCUT2D eigenvalue weighted by molar-refractivity contribution is -0.149. The number of piperazine rings is 1.